The molecule has 1 saturated carbocycles. The molecule has 0 aromatic heterocycles. The molecule has 1 saturated heterocycles. The van der Waals surface area contributed by atoms with Crippen LogP contribution in [-0.2, 0) is 4.74 Å². The Morgan fingerprint density at radius 1 is 0.950 bits per heavy atom. The van der Waals surface area contributed by atoms with Gasteiger partial charge in [0, 0.05) is 11.8 Å². The van der Waals surface area contributed by atoms with Crippen LogP contribution in [0.25, 0.3) is 0 Å². The van der Waals surface area contributed by atoms with Crippen LogP contribution < -0.4 is 5.32 Å². The van der Waals surface area contributed by atoms with Crippen LogP contribution in [0.3, 0.4) is 0 Å². The highest BCUT2D eigenvalue weighted by molar-refractivity contribution is 6.22. The van der Waals surface area contributed by atoms with Gasteiger partial charge in [-0.3, -0.25) is 0 Å². The van der Waals surface area contributed by atoms with Crippen molar-refractivity contribution in [1.29, 1.82) is 0 Å². The van der Waals surface area contributed by atoms with Gasteiger partial charge >= 0.3 is 6.09 Å². The van der Waals surface area contributed by atoms with Gasteiger partial charge in [0.05, 0.1) is 17.3 Å². The van der Waals surface area contributed by atoms with Gasteiger partial charge < -0.3 is 40.7 Å². The molecule has 1 aliphatic heterocycles. The van der Waals surface area contributed by atoms with Crippen LogP contribution in [0.4, 0.5) is 4.79 Å². The fraction of sp³-hybridized carbons (Fsp3) is 0.900. The van der Waals surface area contributed by atoms with Crippen LogP contribution in [0.5, 0.6) is 0 Å². The van der Waals surface area contributed by atoms with Crippen molar-refractivity contribution in [1.82, 2.24) is 5.32 Å². The van der Waals surface area contributed by atoms with E-state index in [1.807, 2.05) is 0 Å². The first-order valence-electron chi connectivity index (χ1n) is 5.95. The molecule has 10 heteroatoms. The van der Waals surface area contributed by atoms with E-state index in [9.17, 15) is 35.4 Å². The highest BCUT2D eigenvalue weighted by atomic mass is 35.5. The lowest BCUT2D eigenvalue weighted by atomic mass is 9.66. The minimum Gasteiger partial charge on any atom is -0.444 e. The molecule has 6 unspecified atom stereocenters. The summed E-state index contributed by atoms with van der Waals surface area (Å²) >= 11 is 6.05. The molecule has 0 aromatic rings. The Hall–Kier alpha value is -0.680. The molecule has 0 spiro atoms. The molecule has 2 bridgehead atoms. The summed E-state index contributed by atoms with van der Waals surface area (Å²) < 4.78 is 4.86. The van der Waals surface area contributed by atoms with Crippen molar-refractivity contribution >= 4 is 17.7 Å². The minimum absolute atomic E-state index is 0.904. The number of carbonyl (C=O) groups excluding carboxylic acids is 1. The topological polar surface area (TPSA) is 160 Å². The van der Waals surface area contributed by atoms with Crippen LogP contribution in [0.2, 0.25) is 0 Å². The molecule has 0 radical (unpaired) electrons. The molecule has 9 nitrogen and oxygen atoms in total. The lowest BCUT2D eigenvalue weighted by Crippen LogP contribution is -2.70. The van der Waals surface area contributed by atoms with Gasteiger partial charge in [-0.15, -0.1) is 11.6 Å². The van der Waals surface area contributed by atoms with E-state index >= 15 is 0 Å². The number of alkyl halides is 1. The molecular weight excluding hydrogens is 298 g/mol. The van der Waals surface area contributed by atoms with E-state index in [4.69, 9.17) is 16.3 Å². The summed E-state index contributed by atoms with van der Waals surface area (Å²) in [7, 11) is 0. The fourth-order valence-corrected chi connectivity index (χ4v) is 3.56. The highest BCUT2D eigenvalue weighted by Crippen LogP contribution is 2.44. The summed E-state index contributed by atoms with van der Waals surface area (Å²) in [5, 5.41) is 57.8. The molecule has 0 aromatic carbocycles. The van der Waals surface area contributed by atoms with E-state index in [1.165, 1.54) is 0 Å². The number of hydrogen-bond donors (Lipinski definition) is 7. The van der Waals surface area contributed by atoms with Crippen molar-refractivity contribution in [2.45, 2.75) is 36.4 Å². The van der Waals surface area contributed by atoms with E-state index in [1.54, 1.807) is 0 Å². The summed E-state index contributed by atoms with van der Waals surface area (Å²) in [4.78, 5) is 11.4. The molecule has 2 fully saturated rings. The molecule has 1 aliphatic carbocycles. The summed E-state index contributed by atoms with van der Waals surface area (Å²) in [6, 6.07) is -1.01. The number of amides is 1. The number of aliphatic hydroxyl groups excluding tert-OH is 3. The maximum absolute atomic E-state index is 11.4. The normalized spacial score (nSPS) is 41.0. The molecular formula is C10H16ClNO8. The summed E-state index contributed by atoms with van der Waals surface area (Å²) in [5.41, 5.74) is 0. The van der Waals surface area contributed by atoms with Gasteiger partial charge in [-0.25, -0.2) is 4.79 Å². The Kier molecular flexibility index (Phi) is 4.40. The average molecular weight is 314 g/mol. The van der Waals surface area contributed by atoms with Gasteiger partial charge in [0.2, 0.25) is 0 Å². The van der Waals surface area contributed by atoms with Gasteiger partial charge in [-0.2, -0.15) is 0 Å². The lowest BCUT2D eigenvalue weighted by Gasteiger charge is -2.52. The van der Waals surface area contributed by atoms with Crippen molar-refractivity contribution in [3.8, 4) is 0 Å². The Morgan fingerprint density at radius 2 is 1.45 bits per heavy atom. The van der Waals surface area contributed by atoms with E-state index in [0.717, 1.165) is 0 Å². The van der Waals surface area contributed by atoms with Crippen molar-refractivity contribution in [2.75, 3.05) is 0 Å². The summed E-state index contributed by atoms with van der Waals surface area (Å²) in [5.74, 6) is -4.03. The number of alkyl carbamates (subject to hydrolysis) is 1. The molecule has 1 heterocycles. The molecule has 2 rings (SSSR count). The maximum atomic E-state index is 11.4. The van der Waals surface area contributed by atoms with Gasteiger partial charge in [0.15, 0.2) is 18.9 Å². The number of aliphatic hydroxyl groups is 6. The maximum Gasteiger partial charge on any atom is 0.407 e. The van der Waals surface area contributed by atoms with Crippen LogP contribution in [0.15, 0.2) is 0 Å². The number of hydrogen-bond acceptors (Lipinski definition) is 8. The monoisotopic (exact) mass is 313 g/mol. The third kappa shape index (κ3) is 2.46. The Labute approximate surface area is 118 Å². The Morgan fingerprint density at radius 3 is 1.90 bits per heavy atom. The highest BCUT2D eigenvalue weighted by Gasteiger charge is 2.60. The second kappa shape index (κ2) is 5.60. The number of rotatable bonds is 3. The van der Waals surface area contributed by atoms with E-state index in [-0.39, 0.29) is 0 Å². The van der Waals surface area contributed by atoms with Gasteiger partial charge in [0.25, 0.3) is 0 Å². The van der Waals surface area contributed by atoms with Gasteiger partial charge in [-0.1, -0.05) is 0 Å². The fourth-order valence-electron chi connectivity index (χ4n) is 3.11. The second-order valence-corrected chi connectivity index (χ2v) is 5.46. The number of fused-ring (bicyclic) bond motifs is 2. The van der Waals surface area contributed by atoms with Crippen LogP contribution in [-0.4, -0.2) is 73.1 Å². The number of ether oxygens (including phenoxy) is 1. The smallest absolute Gasteiger partial charge is 0.407 e. The van der Waals surface area contributed by atoms with Gasteiger partial charge in [-0.05, 0) is 0 Å². The Bertz CT molecular complexity index is 350. The minimum atomic E-state index is -2.08. The predicted molar refractivity (Wildman–Crippen MR) is 62.0 cm³/mol. The standard InChI is InChI=1S/C10H16ClNO8/c11-4-5-2(8(15)16)1(7(13)14)3(9(17)18)6(4)20-10(19)12-5/h1-9,13-18H,(H,12,19). The molecule has 1 amide bonds. The molecule has 2 aliphatic rings. The molecule has 6 atom stereocenters. The van der Waals surface area contributed by atoms with Gasteiger partial charge in [0.1, 0.15) is 6.10 Å². The molecule has 116 valence electrons. The zero-order valence-corrected chi connectivity index (χ0v) is 10.8. The number of halogens is 1. The largest absolute Gasteiger partial charge is 0.444 e. The first-order chi connectivity index (χ1) is 9.25. The van der Waals surface area contributed by atoms with Crippen molar-refractivity contribution < 1.29 is 40.2 Å². The van der Waals surface area contributed by atoms with E-state index < -0.39 is 60.2 Å². The van der Waals surface area contributed by atoms with Crippen LogP contribution >= 0.6 is 11.6 Å². The van der Waals surface area contributed by atoms with Crippen molar-refractivity contribution in [2.24, 2.45) is 17.8 Å². The zero-order chi connectivity index (χ0) is 15.2. The molecule has 20 heavy (non-hydrogen) atoms. The van der Waals surface area contributed by atoms with Crippen molar-refractivity contribution in [3.63, 3.8) is 0 Å². The third-order valence-electron chi connectivity index (χ3n) is 3.90. The van der Waals surface area contributed by atoms with Crippen LogP contribution in [0.1, 0.15) is 0 Å². The third-order valence-corrected chi connectivity index (χ3v) is 4.42. The average Bonchev–Trinajstić information content (AvgIpc) is 2.29. The van der Waals surface area contributed by atoms with E-state index in [0.29, 0.717) is 0 Å². The zero-order valence-electron chi connectivity index (χ0n) is 10.1. The number of nitrogens with one attached hydrogen (secondary N) is 1. The first-order valence-corrected chi connectivity index (χ1v) is 6.39. The molecule has 7 N–H and O–H groups in total. The SMILES string of the molecule is O=C1NC2C(Cl)C(O1)C(C(O)O)C(C(O)O)C2C(O)O. The Balaban J connectivity index is 2.45. The quantitative estimate of drug-likeness (QED) is 0.213. The lowest BCUT2D eigenvalue weighted by molar-refractivity contribution is -0.251. The summed E-state index contributed by atoms with van der Waals surface area (Å²) in [6.07, 6.45) is -8.31. The predicted octanol–water partition coefficient (Wildman–Crippen LogP) is -3.13. The first kappa shape index (κ1) is 15.7. The van der Waals surface area contributed by atoms with Crippen molar-refractivity contribution in [3.05, 3.63) is 0 Å². The van der Waals surface area contributed by atoms with E-state index in [2.05, 4.69) is 5.32 Å². The number of carbonyl (C=O) groups is 1. The summed E-state index contributed by atoms with van der Waals surface area (Å²) in [6.45, 7) is 0. The second-order valence-electron chi connectivity index (χ2n) is 4.96. The van der Waals surface area contributed by atoms with Crippen LogP contribution in [0, 0.1) is 17.8 Å².